The van der Waals surface area contributed by atoms with E-state index in [2.05, 4.69) is 35.6 Å². The maximum absolute atomic E-state index is 10.1. The molecule has 1 unspecified atom stereocenters. The summed E-state index contributed by atoms with van der Waals surface area (Å²) in [6.45, 7) is 11.4. The molecule has 5 heteroatoms. The zero-order valence-electron chi connectivity index (χ0n) is 12.3. The van der Waals surface area contributed by atoms with Crippen molar-refractivity contribution in [2.45, 2.75) is 52.1 Å². The minimum absolute atomic E-state index is 0.145. The number of anilines is 1. The first kappa shape index (κ1) is 14.5. The average molecular weight is 284 g/mol. The van der Waals surface area contributed by atoms with Gasteiger partial charge in [0.15, 0.2) is 0 Å². The van der Waals surface area contributed by atoms with E-state index in [-0.39, 0.29) is 5.41 Å². The molecule has 1 fully saturated rings. The Bertz CT molecular complexity index is 494. The van der Waals surface area contributed by atoms with Crippen LogP contribution in [0.15, 0.2) is 0 Å². The maximum atomic E-state index is 10.1. The molecule has 0 aromatic carbocycles. The minimum atomic E-state index is -0.647. The van der Waals surface area contributed by atoms with Gasteiger partial charge in [-0.1, -0.05) is 32.4 Å². The lowest BCUT2D eigenvalue weighted by atomic mass is 9.95. The van der Waals surface area contributed by atoms with E-state index < -0.39 is 5.60 Å². The molecule has 1 atom stereocenters. The maximum Gasteiger partial charge on any atom is 0.137 e. The Balaban J connectivity index is 2.43. The molecule has 1 saturated heterocycles. The lowest BCUT2D eigenvalue weighted by Crippen LogP contribution is -2.31. The molecule has 1 aromatic rings. The van der Waals surface area contributed by atoms with Gasteiger partial charge in [-0.15, -0.1) is 0 Å². The molecule has 0 spiro atoms. The third-order valence-corrected chi connectivity index (χ3v) is 3.85. The van der Waals surface area contributed by atoms with Crippen LogP contribution in [-0.4, -0.2) is 33.8 Å². The van der Waals surface area contributed by atoms with Crippen molar-refractivity contribution in [2.24, 2.45) is 0 Å². The van der Waals surface area contributed by atoms with Gasteiger partial charge in [-0.3, -0.25) is 0 Å². The Morgan fingerprint density at radius 1 is 1.32 bits per heavy atom. The topological polar surface area (TPSA) is 49.2 Å². The first-order valence-corrected chi connectivity index (χ1v) is 7.00. The van der Waals surface area contributed by atoms with Crippen molar-refractivity contribution < 1.29 is 5.11 Å². The number of aliphatic hydroxyl groups is 1. The molecular weight excluding hydrogens is 262 g/mol. The number of hydrogen-bond acceptors (Lipinski definition) is 4. The zero-order chi connectivity index (χ0) is 14.4. The number of nitrogens with zero attached hydrogens (tertiary/aromatic N) is 3. The summed E-state index contributed by atoms with van der Waals surface area (Å²) in [6.07, 6.45) is 0.749. The average Bonchev–Trinajstić information content (AvgIpc) is 2.61. The van der Waals surface area contributed by atoms with Crippen molar-refractivity contribution >= 4 is 17.4 Å². The molecule has 0 aliphatic carbocycles. The molecular formula is C14H22ClN3O. The van der Waals surface area contributed by atoms with Gasteiger partial charge >= 0.3 is 0 Å². The van der Waals surface area contributed by atoms with E-state index in [9.17, 15) is 5.11 Å². The van der Waals surface area contributed by atoms with E-state index in [0.717, 1.165) is 30.2 Å². The van der Waals surface area contributed by atoms with Gasteiger partial charge in [-0.2, -0.15) is 0 Å². The summed E-state index contributed by atoms with van der Waals surface area (Å²) >= 11 is 6.23. The molecule has 19 heavy (non-hydrogen) atoms. The second-order valence-corrected chi connectivity index (χ2v) is 7.06. The van der Waals surface area contributed by atoms with Gasteiger partial charge in [0.25, 0.3) is 0 Å². The van der Waals surface area contributed by atoms with E-state index >= 15 is 0 Å². The van der Waals surface area contributed by atoms with Gasteiger partial charge in [0.2, 0.25) is 0 Å². The van der Waals surface area contributed by atoms with E-state index in [1.807, 2.05) is 13.8 Å². The van der Waals surface area contributed by atoms with Crippen LogP contribution in [0.4, 0.5) is 5.82 Å². The summed E-state index contributed by atoms with van der Waals surface area (Å²) in [5, 5.41) is 10.6. The summed E-state index contributed by atoms with van der Waals surface area (Å²) in [5.41, 5.74) is 0.0902. The summed E-state index contributed by atoms with van der Waals surface area (Å²) in [4.78, 5) is 11.1. The molecule has 0 radical (unpaired) electrons. The van der Waals surface area contributed by atoms with Gasteiger partial charge in [-0.25, -0.2) is 9.97 Å². The van der Waals surface area contributed by atoms with Crippen molar-refractivity contribution in [1.82, 2.24) is 9.97 Å². The molecule has 1 N–H and O–H groups in total. The molecule has 1 aliphatic heterocycles. The van der Waals surface area contributed by atoms with E-state index in [1.54, 1.807) is 0 Å². The van der Waals surface area contributed by atoms with E-state index in [4.69, 9.17) is 11.6 Å². The fourth-order valence-corrected chi connectivity index (χ4v) is 2.41. The largest absolute Gasteiger partial charge is 0.388 e. The minimum Gasteiger partial charge on any atom is -0.388 e. The van der Waals surface area contributed by atoms with Crippen molar-refractivity contribution in [3.05, 3.63) is 16.5 Å². The number of β-amino-alcohol motifs (C(OH)–C–C–N with tert-alkyl or cyclic N) is 1. The second-order valence-electron chi connectivity index (χ2n) is 6.71. The highest BCUT2D eigenvalue weighted by Crippen LogP contribution is 2.32. The Morgan fingerprint density at radius 3 is 2.42 bits per heavy atom. The predicted molar refractivity (Wildman–Crippen MR) is 77.9 cm³/mol. The summed E-state index contributed by atoms with van der Waals surface area (Å²) < 4.78 is 0. The van der Waals surface area contributed by atoms with Crippen molar-refractivity contribution in [1.29, 1.82) is 0 Å². The Hall–Kier alpha value is -0.870. The van der Waals surface area contributed by atoms with Gasteiger partial charge < -0.3 is 10.0 Å². The molecule has 0 saturated carbocycles. The fourth-order valence-electron chi connectivity index (χ4n) is 2.25. The van der Waals surface area contributed by atoms with E-state index in [1.165, 1.54) is 0 Å². The van der Waals surface area contributed by atoms with Crippen molar-refractivity contribution in [3.8, 4) is 0 Å². The van der Waals surface area contributed by atoms with Crippen molar-refractivity contribution in [3.63, 3.8) is 0 Å². The molecule has 0 amide bonds. The fraction of sp³-hybridized carbons (Fsp3) is 0.714. The summed E-state index contributed by atoms with van der Waals surface area (Å²) in [6, 6.07) is 0. The van der Waals surface area contributed by atoms with Gasteiger partial charge in [0.1, 0.15) is 16.8 Å². The normalized spacial score (nSPS) is 24.1. The number of aromatic nitrogens is 2. The van der Waals surface area contributed by atoms with Crippen LogP contribution >= 0.6 is 11.6 Å². The Morgan fingerprint density at radius 2 is 1.95 bits per heavy atom. The molecule has 106 valence electrons. The molecule has 0 bridgehead atoms. The SMILES string of the molecule is Cc1c(Cl)nc(C(C)(C)C)nc1N1CCC(C)(O)C1. The Kier molecular flexibility index (Phi) is 3.52. The van der Waals surface area contributed by atoms with Crippen LogP contribution in [0.25, 0.3) is 0 Å². The zero-order valence-corrected chi connectivity index (χ0v) is 13.0. The van der Waals surface area contributed by atoms with Crippen LogP contribution in [0.2, 0.25) is 5.15 Å². The van der Waals surface area contributed by atoms with Crippen LogP contribution in [0.5, 0.6) is 0 Å². The van der Waals surface area contributed by atoms with Gasteiger partial charge in [0.05, 0.1) is 5.60 Å². The van der Waals surface area contributed by atoms with Crippen LogP contribution in [0.1, 0.15) is 45.5 Å². The highest BCUT2D eigenvalue weighted by Gasteiger charge is 2.34. The molecule has 2 rings (SSSR count). The molecule has 1 aromatic heterocycles. The highest BCUT2D eigenvalue weighted by atomic mass is 35.5. The number of hydrogen-bond donors (Lipinski definition) is 1. The van der Waals surface area contributed by atoms with Crippen LogP contribution in [-0.2, 0) is 5.41 Å². The number of halogens is 1. The quantitative estimate of drug-likeness (QED) is 0.805. The lowest BCUT2D eigenvalue weighted by Gasteiger charge is -2.25. The smallest absolute Gasteiger partial charge is 0.137 e. The first-order chi connectivity index (χ1) is 8.60. The monoisotopic (exact) mass is 283 g/mol. The second kappa shape index (κ2) is 4.60. The summed E-state index contributed by atoms with van der Waals surface area (Å²) in [5.74, 6) is 1.59. The predicted octanol–water partition coefficient (Wildman–Crippen LogP) is 2.70. The highest BCUT2D eigenvalue weighted by molar-refractivity contribution is 6.30. The van der Waals surface area contributed by atoms with E-state index in [0.29, 0.717) is 11.7 Å². The van der Waals surface area contributed by atoms with Crippen LogP contribution in [0, 0.1) is 6.92 Å². The third kappa shape index (κ3) is 3.00. The van der Waals surface area contributed by atoms with Crippen LogP contribution in [0.3, 0.4) is 0 Å². The summed E-state index contributed by atoms with van der Waals surface area (Å²) in [7, 11) is 0. The Labute approximate surface area is 119 Å². The lowest BCUT2D eigenvalue weighted by molar-refractivity contribution is 0.0839. The molecule has 1 aliphatic rings. The van der Waals surface area contributed by atoms with Gasteiger partial charge in [-0.05, 0) is 20.3 Å². The molecule has 4 nitrogen and oxygen atoms in total. The van der Waals surface area contributed by atoms with Gasteiger partial charge in [0, 0.05) is 24.1 Å². The number of rotatable bonds is 1. The molecule has 2 heterocycles. The van der Waals surface area contributed by atoms with Crippen LogP contribution < -0.4 is 4.90 Å². The van der Waals surface area contributed by atoms with Crippen molar-refractivity contribution in [2.75, 3.05) is 18.0 Å². The standard InChI is InChI=1S/C14H22ClN3O/c1-9-10(15)16-12(13(2,3)4)17-11(9)18-7-6-14(5,19)8-18/h19H,6-8H2,1-5H3. The third-order valence-electron chi connectivity index (χ3n) is 3.48. The first-order valence-electron chi connectivity index (χ1n) is 6.62.